The average molecular weight is 365 g/mol. The van der Waals surface area contributed by atoms with Crippen LogP contribution in [-0.2, 0) is 4.74 Å². The first-order valence-corrected chi connectivity index (χ1v) is 7.30. The van der Waals surface area contributed by atoms with Gasteiger partial charge >= 0.3 is 5.97 Å². The first-order valence-electron chi connectivity index (χ1n) is 6.51. The number of methoxy groups -OCH3 is 2. The Hall–Kier alpha value is -2.21. The fraction of sp³-hybridized carbons (Fsp3) is 0.188. The first-order chi connectivity index (χ1) is 10.6. The number of phenols is 1. The second kappa shape index (κ2) is 5.53. The third-order valence-electron chi connectivity index (χ3n) is 3.56. The zero-order valence-corrected chi connectivity index (χ0v) is 13.5. The molecular formula is C16H13BrO5. The van der Waals surface area contributed by atoms with E-state index >= 15 is 0 Å². The van der Waals surface area contributed by atoms with Crippen molar-refractivity contribution in [2.24, 2.45) is 0 Å². The van der Waals surface area contributed by atoms with Crippen LogP contribution in [0.15, 0.2) is 34.8 Å². The molecule has 1 aliphatic rings. The monoisotopic (exact) mass is 364 g/mol. The van der Waals surface area contributed by atoms with Crippen molar-refractivity contribution in [3.05, 3.63) is 51.5 Å². The second-order valence-corrected chi connectivity index (χ2v) is 5.62. The maximum Gasteiger partial charge on any atom is 0.343 e. The molecule has 0 saturated heterocycles. The van der Waals surface area contributed by atoms with Gasteiger partial charge in [0.1, 0.15) is 11.3 Å². The lowest BCUT2D eigenvalue weighted by Crippen LogP contribution is -2.01. The molecular weight excluding hydrogens is 352 g/mol. The summed E-state index contributed by atoms with van der Waals surface area (Å²) in [6.07, 6.45) is -0.542. The van der Waals surface area contributed by atoms with Gasteiger partial charge in [-0.15, -0.1) is 0 Å². The van der Waals surface area contributed by atoms with Crippen LogP contribution in [0.4, 0.5) is 0 Å². The number of phenolic OH excluding ortho intramolecular Hbond substituents is 1. The highest BCUT2D eigenvalue weighted by atomic mass is 79.9. The number of esters is 1. The summed E-state index contributed by atoms with van der Waals surface area (Å²) in [5, 5.41) is 9.59. The standard InChI is InChI=1S/C16H13BrO5/c1-20-12-6-4-9-13(15(12)21-2)16(19)22-14(9)8-3-5-11(18)10(17)7-8/h3-7,14,18H,1-2H3. The van der Waals surface area contributed by atoms with Crippen molar-refractivity contribution in [3.63, 3.8) is 0 Å². The molecule has 1 N–H and O–H groups in total. The zero-order chi connectivity index (χ0) is 15.9. The number of hydrogen-bond acceptors (Lipinski definition) is 5. The summed E-state index contributed by atoms with van der Waals surface area (Å²) in [6, 6.07) is 8.50. The summed E-state index contributed by atoms with van der Waals surface area (Å²) in [5.74, 6) is 0.511. The number of benzene rings is 2. The van der Waals surface area contributed by atoms with Gasteiger partial charge in [0.25, 0.3) is 0 Å². The highest BCUT2D eigenvalue weighted by Crippen LogP contribution is 2.44. The van der Waals surface area contributed by atoms with Gasteiger partial charge in [0.05, 0.1) is 18.7 Å². The molecule has 6 heteroatoms. The smallest absolute Gasteiger partial charge is 0.343 e. The Balaban J connectivity index is 2.14. The number of rotatable bonds is 3. The minimum absolute atomic E-state index is 0.126. The lowest BCUT2D eigenvalue weighted by atomic mass is 9.98. The Morgan fingerprint density at radius 1 is 1.18 bits per heavy atom. The molecule has 0 aromatic heterocycles. The highest BCUT2D eigenvalue weighted by Gasteiger charge is 2.36. The van der Waals surface area contributed by atoms with Gasteiger partial charge in [0.15, 0.2) is 17.6 Å². The molecule has 0 amide bonds. The molecule has 2 aromatic rings. The third kappa shape index (κ3) is 2.20. The second-order valence-electron chi connectivity index (χ2n) is 4.76. The maximum absolute atomic E-state index is 12.2. The minimum Gasteiger partial charge on any atom is -0.507 e. The van der Waals surface area contributed by atoms with Crippen LogP contribution < -0.4 is 9.47 Å². The number of fused-ring (bicyclic) bond motifs is 1. The highest BCUT2D eigenvalue weighted by molar-refractivity contribution is 9.10. The number of cyclic esters (lactones) is 1. The van der Waals surface area contributed by atoms with Crippen LogP contribution in [0.25, 0.3) is 0 Å². The van der Waals surface area contributed by atoms with Crippen molar-refractivity contribution in [2.75, 3.05) is 14.2 Å². The number of ether oxygens (including phenoxy) is 3. The summed E-state index contributed by atoms with van der Waals surface area (Å²) in [5.41, 5.74) is 1.83. The van der Waals surface area contributed by atoms with Crippen LogP contribution in [0.2, 0.25) is 0 Å². The van der Waals surface area contributed by atoms with E-state index in [4.69, 9.17) is 14.2 Å². The van der Waals surface area contributed by atoms with Crippen LogP contribution in [0.3, 0.4) is 0 Å². The van der Waals surface area contributed by atoms with E-state index in [1.807, 2.05) is 0 Å². The topological polar surface area (TPSA) is 65.0 Å². The summed E-state index contributed by atoms with van der Waals surface area (Å²) in [4.78, 5) is 12.2. The van der Waals surface area contributed by atoms with Gasteiger partial charge in [0, 0.05) is 5.56 Å². The molecule has 0 aliphatic carbocycles. The molecule has 1 atom stereocenters. The lowest BCUT2D eigenvalue weighted by Gasteiger charge is -2.13. The predicted octanol–water partition coefficient (Wildman–Crippen LogP) is 3.43. The van der Waals surface area contributed by atoms with Crippen molar-refractivity contribution in [1.29, 1.82) is 0 Å². The predicted molar refractivity (Wildman–Crippen MR) is 82.6 cm³/mol. The quantitative estimate of drug-likeness (QED) is 0.845. The maximum atomic E-state index is 12.2. The van der Waals surface area contributed by atoms with Gasteiger partial charge in [0.2, 0.25) is 0 Å². The number of hydrogen-bond donors (Lipinski definition) is 1. The van der Waals surface area contributed by atoms with Crippen LogP contribution in [-0.4, -0.2) is 25.3 Å². The van der Waals surface area contributed by atoms with E-state index in [1.165, 1.54) is 14.2 Å². The molecule has 0 bridgehead atoms. The number of aromatic hydroxyl groups is 1. The van der Waals surface area contributed by atoms with Crippen LogP contribution in [0.1, 0.15) is 27.6 Å². The average Bonchev–Trinajstić information content (AvgIpc) is 2.86. The van der Waals surface area contributed by atoms with Crippen molar-refractivity contribution >= 4 is 21.9 Å². The SMILES string of the molecule is COc1ccc2c(c1OC)C(=O)OC2c1ccc(O)c(Br)c1. The van der Waals surface area contributed by atoms with Crippen LogP contribution >= 0.6 is 15.9 Å². The Kier molecular flexibility index (Phi) is 3.70. The van der Waals surface area contributed by atoms with E-state index in [-0.39, 0.29) is 5.75 Å². The largest absolute Gasteiger partial charge is 0.507 e. The van der Waals surface area contributed by atoms with Gasteiger partial charge in [-0.05, 0) is 39.7 Å². The molecule has 1 aliphatic heterocycles. The normalized spacial score (nSPS) is 16.1. The van der Waals surface area contributed by atoms with Gasteiger partial charge < -0.3 is 19.3 Å². The van der Waals surface area contributed by atoms with Crippen molar-refractivity contribution < 1.29 is 24.1 Å². The summed E-state index contributed by atoms with van der Waals surface area (Å²) >= 11 is 3.26. The van der Waals surface area contributed by atoms with Crippen molar-refractivity contribution in [3.8, 4) is 17.2 Å². The van der Waals surface area contributed by atoms with E-state index in [0.29, 0.717) is 27.1 Å². The van der Waals surface area contributed by atoms with Crippen LogP contribution in [0, 0.1) is 0 Å². The van der Waals surface area contributed by atoms with E-state index in [2.05, 4.69) is 15.9 Å². The zero-order valence-electron chi connectivity index (χ0n) is 11.9. The van der Waals surface area contributed by atoms with E-state index < -0.39 is 12.1 Å². The molecule has 3 rings (SSSR count). The fourth-order valence-corrected chi connectivity index (χ4v) is 2.93. The van der Waals surface area contributed by atoms with E-state index in [9.17, 15) is 9.90 Å². The van der Waals surface area contributed by atoms with Gasteiger partial charge in [-0.25, -0.2) is 4.79 Å². The minimum atomic E-state index is -0.542. The Morgan fingerprint density at radius 3 is 2.59 bits per heavy atom. The van der Waals surface area contributed by atoms with Gasteiger partial charge in [-0.2, -0.15) is 0 Å². The number of carbonyl (C=O) groups is 1. The lowest BCUT2D eigenvalue weighted by molar-refractivity contribution is 0.0453. The van der Waals surface area contributed by atoms with Gasteiger partial charge in [-0.3, -0.25) is 0 Å². The van der Waals surface area contributed by atoms with Crippen LogP contribution in [0.5, 0.6) is 17.2 Å². The Bertz CT molecular complexity index is 756. The van der Waals surface area contributed by atoms with E-state index in [1.54, 1.807) is 30.3 Å². The molecule has 2 aromatic carbocycles. The molecule has 1 unspecified atom stereocenters. The molecule has 114 valence electrons. The Morgan fingerprint density at radius 2 is 1.95 bits per heavy atom. The third-order valence-corrected chi connectivity index (χ3v) is 4.20. The molecule has 0 saturated carbocycles. The number of halogens is 1. The molecule has 5 nitrogen and oxygen atoms in total. The Labute approximate surface area is 135 Å². The summed E-state index contributed by atoms with van der Waals surface area (Å²) in [6.45, 7) is 0. The molecule has 22 heavy (non-hydrogen) atoms. The fourth-order valence-electron chi connectivity index (χ4n) is 2.53. The van der Waals surface area contributed by atoms with Crippen molar-refractivity contribution in [1.82, 2.24) is 0 Å². The number of carbonyl (C=O) groups excluding carboxylic acids is 1. The summed E-state index contributed by atoms with van der Waals surface area (Å²) < 4.78 is 16.5. The molecule has 0 spiro atoms. The molecule has 1 heterocycles. The van der Waals surface area contributed by atoms with Crippen molar-refractivity contribution in [2.45, 2.75) is 6.10 Å². The van der Waals surface area contributed by atoms with Gasteiger partial charge in [-0.1, -0.05) is 12.1 Å². The van der Waals surface area contributed by atoms with E-state index in [0.717, 1.165) is 5.56 Å². The first kappa shape index (κ1) is 14.7. The molecule has 0 fully saturated rings. The molecule has 0 radical (unpaired) electrons. The summed E-state index contributed by atoms with van der Waals surface area (Å²) in [7, 11) is 3.00.